The summed E-state index contributed by atoms with van der Waals surface area (Å²) in [6.45, 7) is 0. The summed E-state index contributed by atoms with van der Waals surface area (Å²) in [5.41, 5.74) is 6.88. The van der Waals surface area contributed by atoms with Crippen molar-refractivity contribution in [3.8, 4) is 10.4 Å². The average molecular weight is 429 g/mol. The Kier molecular flexibility index (Phi) is 6.92. The van der Waals surface area contributed by atoms with E-state index in [0.717, 1.165) is 20.2 Å². The summed E-state index contributed by atoms with van der Waals surface area (Å²) < 4.78 is 0. The van der Waals surface area contributed by atoms with Gasteiger partial charge in [-0.2, -0.15) is 0 Å². The van der Waals surface area contributed by atoms with E-state index in [1.165, 1.54) is 17.8 Å². The van der Waals surface area contributed by atoms with Crippen LogP contribution in [0.5, 0.6) is 0 Å². The van der Waals surface area contributed by atoms with E-state index in [-0.39, 0.29) is 11.7 Å². The van der Waals surface area contributed by atoms with Crippen LogP contribution in [0.3, 0.4) is 0 Å². The van der Waals surface area contributed by atoms with Crippen molar-refractivity contribution in [1.29, 1.82) is 0 Å². The van der Waals surface area contributed by atoms with E-state index in [9.17, 15) is 9.59 Å². The van der Waals surface area contributed by atoms with Crippen LogP contribution >= 0.6 is 34.7 Å². The molecule has 1 aromatic heterocycles. The molecule has 2 aromatic carbocycles. The quantitative estimate of drug-likeness (QED) is 0.396. The van der Waals surface area contributed by atoms with Crippen LogP contribution in [0, 0.1) is 0 Å². The van der Waals surface area contributed by atoms with Gasteiger partial charge in [-0.05, 0) is 48.0 Å². The Morgan fingerprint density at radius 1 is 1.11 bits per heavy atom. The van der Waals surface area contributed by atoms with Crippen LogP contribution in [0.25, 0.3) is 16.5 Å². The van der Waals surface area contributed by atoms with E-state index in [4.69, 9.17) is 17.3 Å². The van der Waals surface area contributed by atoms with Crippen LogP contribution in [-0.4, -0.2) is 17.6 Å². The maximum absolute atomic E-state index is 12.3. The van der Waals surface area contributed by atoms with Crippen LogP contribution in [0.2, 0.25) is 5.02 Å². The van der Waals surface area contributed by atoms with Gasteiger partial charge < -0.3 is 11.1 Å². The Morgan fingerprint density at radius 3 is 2.71 bits per heavy atom. The second kappa shape index (κ2) is 9.59. The van der Waals surface area contributed by atoms with Crippen LogP contribution in [0.4, 0.5) is 5.69 Å². The first kappa shape index (κ1) is 20.2. The minimum atomic E-state index is -0.403. The number of primary amides is 1. The summed E-state index contributed by atoms with van der Waals surface area (Å²) in [6, 6.07) is 18.9. The lowest BCUT2D eigenvalue weighted by Gasteiger charge is -2.08. The molecule has 0 saturated carbocycles. The molecule has 2 amide bonds. The Labute approximate surface area is 176 Å². The normalized spacial score (nSPS) is 10.9. The molecule has 4 nitrogen and oxygen atoms in total. The number of hydrogen-bond acceptors (Lipinski definition) is 4. The monoisotopic (exact) mass is 428 g/mol. The molecule has 0 bridgehead atoms. The lowest BCUT2D eigenvalue weighted by atomic mass is 10.2. The summed E-state index contributed by atoms with van der Waals surface area (Å²) in [6.07, 6.45) is 3.26. The molecule has 0 aliphatic carbocycles. The van der Waals surface area contributed by atoms with E-state index >= 15 is 0 Å². The number of anilines is 1. The third kappa shape index (κ3) is 5.73. The lowest BCUT2D eigenvalue weighted by molar-refractivity contribution is -0.115. The maximum Gasteiger partial charge on any atom is 0.248 e. The van der Waals surface area contributed by atoms with Gasteiger partial charge in [0.25, 0.3) is 0 Å². The Morgan fingerprint density at radius 2 is 1.93 bits per heavy atom. The van der Waals surface area contributed by atoms with Gasteiger partial charge in [0.05, 0.1) is 11.4 Å². The molecule has 0 unspecified atom stereocenters. The molecule has 7 heteroatoms. The third-order valence-corrected chi connectivity index (χ3v) is 6.08. The molecule has 142 valence electrons. The van der Waals surface area contributed by atoms with Crippen molar-refractivity contribution in [3.63, 3.8) is 0 Å². The standard InChI is InChI=1S/C21H17ClN2O2S2/c22-15-5-3-4-14(12-15)18-10-8-16(28-18)9-11-21(26)24-17-6-1-2-7-19(17)27-13-20(23)25/h1-12H,13H2,(H2,23,25)(H,24,26)/b11-9+. The van der Waals surface area contributed by atoms with Crippen molar-refractivity contribution in [3.05, 3.63) is 76.6 Å². The number of carbonyl (C=O) groups is 2. The summed E-state index contributed by atoms with van der Waals surface area (Å²) in [7, 11) is 0. The zero-order valence-corrected chi connectivity index (χ0v) is 17.1. The first-order valence-electron chi connectivity index (χ1n) is 8.36. The van der Waals surface area contributed by atoms with Crippen LogP contribution in [0.1, 0.15) is 4.88 Å². The van der Waals surface area contributed by atoms with Crippen LogP contribution in [-0.2, 0) is 9.59 Å². The van der Waals surface area contributed by atoms with Crippen molar-refractivity contribution < 1.29 is 9.59 Å². The van der Waals surface area contributed by atoms with Gasteiger partial charge in [0.2, 0.25) is 11.8 Å². The number of nitrogens with one attached hydrogen (secondary N) is 1. The number of benzene rings is 2. The highest BCUT2D eigenvalue weighted by Gasteiger charge is 2.07. The number of para-hydroxylation sites is 1. The number of halogens is 1. The molecular weight excluding hydrogens is 412 g/mol. The van der Waals surface area contributed by atoms with Crippen molar-refractivity contribution in [2.75, 3.05) is 11.1 Å². The second-order valence-electron chi connectivity index (χ2n) is 5.79. The van der Waals surface area contributed by atoms with E-state index in [1.54, 1.807) is 23.5 Å². The minimum Gasteiger partial charge on any atom is -0.369 e. The highest BCUT2D eigenvalue weighted by Crippen LogP contribution is 2.30. The number of carbonyl (C=O) groups excluding carboxylic acids is 2. The predicted molar refractivity (Wildman–Crippen MR) is 119 cm³/mol. The van der Waals surface area contributed by atoms with Crippen molar-refractivity contribution in [2.45, 2.75) is 4.90 Å². The van der Waals surface area contributed by atoms with E-state index in [1.807, 2.05) is 54.6 Å². The summed E-state index contributed by atoms with van der Waals surface area (Å²) >= 11 is 8.91. The molecule has 3 N–H and O–H groups in total. The highest BCUT2D eigenvalue weighted by molar-refractivity contribution is 8.00. The number of nitrogens with two attached hydrogens (primary N) is 1. The minimum absolute atomic E-state index is 0.157. The van der Waals surface area contributed by atoms with Gasteiger partial charge in [0.15, 0.2) is 0 Å². The lowest BCUT2D eigenvalue weighted by Crippen LogP contribution is -2.13. The van der Waals surface area contributed by atoms with Crippen molar-refractivity contribution in [2.24, 2.45) is 5.73 Å². The molecule has 0 aliphatic rings. The van der Waals surface area contributed by atoms with Crippen LogP contribution < -0.4 is 11.1 Å². The molecule has 0 saturated heterocycles. The van der Waals surface area contributed by atoms with Crippen molar-refractivity contribution >= 4 is 58.3 Å². The van der Waals surface area contributed by atoms with Gasteiger partial charge in [-0.3, -0.25) is 9.59 Å². The predicted octanol–water partition coefficient (Wildman–Crippen LogP) is 5.30. The summed E-state index contributed by atoms with van der Waals surface area (Å²) in [5.74, 6) is -0.492. The van der Waals surface area contributed by atoms with E-state index < -0.39 is 5.91 Å². The number of amides is 2. The molecule has 28 heavy (non-hydrogen) atoms. The first-order chi connectivity index (χ1) is 13.5. The average Bonchev–Trinajstić information content (AvgIpc) is 3.15. The molecule has 1 heterocycles. The Balaban J connectivity index is 1.66. The fraction of sp³-hybridized carbons (Fsp3) is 0.0476. The highest BCUT2D eigenvalue weighted by atomic mass is 35.5. The fourth-order valence-corrected chi connectivity index (χ4v) is 4.26. The molecule has 3 rings (SSSR count). The number of rotatable bonds is 7. The van der Waals surface area contributed by atoms with E-state index in [2.05, 4.69) is 5.32 Å². The van der Waals surface area contributed by atoms with Gasteiger partial charge in [-0.25, -0.2) is 0 Å². The Hall–Kier alpha value is -2.54. The molecule has 0 fully saturated rings. The molecular formula is C21H17ClN2O2S2. The zero-order valence-electron chi connectivity index (χ0n) is 14.7. The summed E-state index contributed by atoms with van der Waals surface area (Å²) in [5, 5.41) is 3.53. The fourth-order valence-electron chi connectivity index (χ4n) is 2.42. The Bertz CT molecular complexity index is 1030. The van der Waals surface area contributed by atoms with Crippen molar-refractivity contribution in [1.82, 2.24) is 0 Å². The van der Waals surface area contributed by atoms with Gasteiger partial charge >= 0.3 is 0 Å². The third-order valence-electron chi connectivity index (χ3n) is 3.65. The van der Waals surface area contributed by atoms with Gasteiger partial charge in [0, 0.05) is 25.7 Å². The largest absolute Gasteiger partial charge is 0.369 e. The molecule has 3 aromatic rings. The topological polar surface area (TPSA) is 72.2 Å². The SMILES string of the molecule is NC(=O)CSc1ccccc1NC(=O)/C=C/c1ccc(-c2cccc(Cl)c2)s1. The molecule has 0 spiro atoms. The van der Waals surface area contributed by atoms with Gasteiger partial charge in [0.1, 0.15) is 0 Å². The van der Waals surface area contributed by atoms with Gasteiger partial charge in [-0.15, -0.1) is 23.1 Å². The summed E-state index contributed by atoms with van der Waals surface area (Å²) in [4.78, 5) is 26.1. The van der Waals surface area contributed by atoms with E-state index in [0.29, 0.717) is 10.7 Å². The molecule has 0 radical (unpaired) electrons. The first-order valence-corrected chi connectivity index (χ1v) is 10.5. The van der Waals surface area contributed by atoms with Crippen LogP contribution in [0.15, 0.2) is 71.6 Å². The zero-order chi connectivity index (χ0) is 19.9. The molecule has 0 aliphatic heterocycles. The van der Waals surface area contributed by atoms with Gasteiger partial charge in [-0.1, -0.05) is 35.9 Å². The number of hydrogen-bond donors (Lipinski definition) is 2. The number of thioether (sulfide) groups is 1. The smallest absolute Gasteiger partial charge is 0.248 e. The second-order valence-corrected chi connectivity index (χ2v) is 8.36. The molecule has 0 atom stereocenters. The number of thiophene rings is 1. The maximum atomic E-state index is 12.3.